The minimum absolute atomic E-state index is 0.0718. The van der Waals surface area contributed by atoms with Crippen LogP contribution in [0, 0.1) is 0 Å². The number of hydrogen-bond donors (Lipinski definition) is 3. The Balaban J connectivity index is 1.53. The maximum Gasteiger partial charge on any atom is 0.305 e. The average molecular weight is 422 g/mol. The summed E-state index contributed by atoms with van der Waals surface area (Å²) in [6.07, 6.45) is -0.113. The molecule has 2 aromatic carbocycles. The lowest BCUT2D eigenvalue weighted by molar-refractivity contribution is -0.137. The molecule has 0 aliphatic rings. The number of para-hydroxylation sites is 1. The summed E-state index contributed by atoms with van der Waals surface area (Å²) < 4.78 is 3.05. The van der Waals surface area contributed by atoms with Crippen molar-refractivity contribution in [3.8, 4) is 0 Å². The number of rotatable bonds is 7. The highest BCUT2D eigenvalue weighted by molar-refractivity contribution is 7.17. The third-order valence-electron chi connectivity index (χ3n) is 5.37. The second kappa shape index (κ2) is 8.30. The zero-order valence-corrected chi connectivity index (χ0v) is 17.4. The molecular formula is C23H23N3O3S. The van der Waals surface area contributed by atoms with Crippen LogP contribution in [0.5, 0.6) is 0 Å². The highest BCUT2D eigenvalue weighted by Gasteiger charge is 2.23. The fourth-order valence-corrected chi connectivity index (χ4v) is 4.92. The summed E-state index contributed by atoms with van der Waals surface area (Å²) in [5, 5.41) is 16.2. The van der Waals surface area contributed by atoms with Crippen molar-refractivity contribution in [1.82, 2.24) is 9.88 Å². The number of carboxylic acid groups (broad SMARTS) is 1. The van der Waals surface area contributed by atoms with Crippen LogP contribution in [-0.4, -0.2) is 21.6 Å². The van der Waals surface area contributed by atoms with Gasteiger partial charge in [-0.15, -0.1) is 11.3 Å². The fraction of sp³-hybridized carbons (Fsp3) is 0.217. The van der Waals surface area contributed by atoms with Gasteiger partial charge in [-0.1, -0.05) is 36.4 Å². The van der Waals surface area contributed by atoms with Crippen LogP contribution < -0.4 is 11.1 Å². The largest absolute Gasteiger partial charge is 0.481 e. The van der Waals surface area contributed by atoms with Crippen molar-refractivity contribution in [1.29, 1.82) is 0 Å². The van der Waals surface area contributed by atoms with E-state index < -0.39 is 18.1 Å². The number of carboxylic acids is 1. The van der Waals surface area contributed by atoms with E-state index in [1.165, 1.54) is 11.3 Å². The number of amides is 1. The standard InChI is InChI=1S/C23H23N3O3S/c1-26-19-8-4-2-6-14(19)10-20(26)17(24)11-22(27)25-18(12-23(28)29)16-13-30-21-9-5-3-7-15(16)21/h2-10,13,17-18H,11-12,24H2,1H3,(H,25,27)(H,28,29). The smallest absolute Gasteiger partial charge is 0.305 e. The summed E-state index contributed by atoms with van der Waals surface area (Å²) in [6, 6.07) is 16.6. The van der Waals surface area contributed by atoms with Gasteiger partial charge in [-0.05, 0) is 39.9 Å². The zero-order chi connectivity index (χ0) is 21.3. The molecule has 0 saturated carbocycles. The molecule has 2 aromatic heterocycles. The molecule has 6 nitrogen and oxygen atoms in total. The minimum Gasteiger partial charge on any atom is -0.481 e. The Hall–Kier alpha value is -3.16. The fourth-order valence-electron chi connectivity index (χ4n) is 3.91. The first-order valence-electron chi connectivity index (χ1n) is 9.71. The number of aliphatic carboxylic acids is 1. The van der Waals surface area contributed by atoms with Gasteiger partial charge in [0.25, 0.3) is 0 Å². The van der Waals surface area contributed by atoms with Crippen molar-refractivity contribution in [2.75, 3.05) is 0 Å². The number of nitrogens with zero attached hydrogens (tertiary/aromatic N) is 1. The van der Waals surface area contributed by atoms with E-state index in [1.807, 2.05) is 71.6 Å². The van der Waals surface area contributed by atoms with Gasteiger partial charge in [0, 0.05) is 29.4 Å². The molecule has 0 aliphatic carbocycles. The number of thiophene rings is 1. The van der Waals surface area contributed by atoms with Crippen molar-refractivity contribution in [2.45, 2.75) is 24.9 Å². The Morgan fingerprint density at radius 3 is 2.63 bits per heavy atom. The van der Waals surface area contributed by atoms with Crippen molar-refractivity contribution >= 4 is 44.2 Å². The van der Waals surface area contributed by atoms with E-state index in [-0.39, 0.29) is 18.7 Å². The van der Waals surface area contributed by atoms with Crippen LogP contribution >= 0.6 is 11.3 Å². The SMILES string of the molecule is Cn1c(C(N)CC(=O)NC(CC(=O)O)c2csc3ccccc23)cc2ccccc21. The van der Waals surface area contributed by atoms with Gasteiger partial charge in [0.2, 0.25) is 5.91 Å². The molecule has 4 N–H and O–H groups in total. The lowest BCUT2D eigenvalue weighted by atomic mass is 10.0. The summed E-state index contributed by atoms with van der Waals surface area (Å²) in [7, 11) is 1.93. The lowest BCUT2D eigenvalue weighted by Gasteiger charge is -2.19. The zero-order valence-electron chi connectivity index (χ0n) is 16.5. The minimum atomic E-state index is -0.964. The van der Waals surface area contributed by atoms with Crippen molar-refractivity contribution in [2.24, 2.45) is 12.8 Å². The summed E-state index contributed by atoms with van der Waals surface area (Å²) in [5.74, 6) is -1.23. The van der Waals surface area contributed by atoms with Crippen LogP contribution in [0.15, 0.2) is 60.0 Å². The number of benzene rings is 2. The van der Waals surface area contributed by atoms with Crippen LogP contribution in [-0.2, 0) is 16.6 Å². The molecule has 0 radical (unpaired) electrons. The molecule has 2 atom stereocenters. The summed E-state index contributed by atoms with van der Waals surface area (Å²) >= 11 is 1.54. The number of aromatic nitrogens is 1. The van der Waals surface area contributed by atoms with Crippen molar-refractivity contribution < 1.29 is 14.7 Å². The average Bonchev–Trinajstić information content (AvgIpc) is 3.29. The number of nitrogens with one attached hydrogen (secondary N) is 1. The topological polar surface area (TPSA) is 97.4 Å². The number of fused-ring (bicyclic) bond motifs is 2. The first kappa shape index (κ1) is 20.1. The molecule has 30 heavy (non-hydrogen) atoms. The molecule has 0 spiro atoms. The normalized spacial score (nSPS) is 13.4. The van der Waals surface area contributed by atoms with Crippen molar-refractivity contribution in [3.05, 3.63) is 71.2 Å². The van der Waals surface area contributed by atoms with E-state index in [9.17, 15) is 14.7 Å². The molecule has 2 unspecified atom stereocenters. The Morgan fingerprint density at radius 1 is 1.13 bits per heavy atom. The number of hydrogen-bond acceptors (Lipinski definition) is 4. The van der Waals surface area contributed by atoms with Crippen LogP contribution in [0.2, 0.25) is 0 Å². The van der Waals surface area contributed by atoms with Gasteiger partial charge in [-0.3, -0.25) is 9.59 Å². The van der Waals surface area contributed by atoms with Gasteiger partial charge >= 0.3 is 5.97 Å². The molecule has 2 heterocycles. The Labute approximate surface area is 177 Å². The second-order valence-electron chi connectivity index (χ2n) is 7.40. The second-order valence-corrected chi connectivity index (χ2v) is 8.31. The molecule has 0 bridgehead atoms. The van der Waals surface area contributed by atoms with Crippen LogP contribution in [0.4, 0.5) is 0 Å². The van der Waals surface area contributed by atoms with Gasteiger partial charge in [0.15, 0.2) is 0 Å². The third-order valence-corrected chi connectivity index (χ3v) is 6.36. The summed E-state index contributed by atoms with van der Waals surface area (Å²) in [4.78, 5) is 24.2. The quantitative estimate of drug-likeness (QED) is 0.418. The molecule has 1 amide bonds. The molecular weight excluding hydrogens is 398 g/mol. The van der Waals surface area contributed by atoms with Crippen LogP contribution in [0.25, 0.3) is 21.0 Å². The first-order chi connectivity index (χ1) is 14.4. The van der Waals surface area contributed by atoms with Gasteiger partial charge < -0.3 is 20.7 Å². The van der Waals surface area contributed by atoms with Gasteiger partial charge in [0.1, 0.15) is 0 Å². The van der Waals surface area contributed by atoms with E-state index in [2.05, 4.69) is 5.32 Å². The number of nitrogens with two attached hydrogens (primary N) is 1. The summed E-state index contributed by atoms with van der Waals surface area (Å²) in [5.41, 5.74) is 9.09. The lowest BCUT2D eigenvalue weighted by Crippen LogP contribution is -2.32. The number of carbonyl (C=O) groups excluding carboxylic acids is 1. The number of carbonyl (C=O) groups is 2. The van der Waals surface area contributed by atoms with E-state index in [1.54, 1.807) is 0 Å². The molecule has 4 aromatic rings. The predicted molar refractivity (Wildman–Crippen MR) is 119 cm³/mol. The van der Waals surface area contributed by atoms with E-state index in [0.717, 1.165) is 32.2 Å². The number of aryl methyl sites for hydroxylation is 1. The molecule has 4 rings (SSSR count). The van der Waals surface area contributed by atoms with Crippen LogP contribution in [0.1, 0.15) is 36.2 Å². The highest BCUT2D eigenvalue weighted by Crippen LogP contribution is 2.32. The summed E-state index contributed by atoms with van der Waals surface area (Å²) in [6.45, 7) is 0. The maximum absolute atomic E-state index is 12.8. The van der Waals surface area contributed by atoms with Crippen LogP contribution in [0.3, 0.4) is 0 Å². The van der Waals surface area contributed by atoms with E-state index >= 15 is 0 Å². The Bertz CT molecular complexity index is 1230. The highest BCUT2D eigenvalue weighted by atomic mass is 32.1. The van der Waals surface area contributed by atoms with Gasteiger partial charge in [-0.2, -0.15) is 0 Å². The van der Waals surface area contributed by atoms with E-state index in [4.69, 9.17) is 5.73 Å². The molecule has 7 heteroatoms. The van der Waals surface area contributed by atoms with E-state index in [0.29, 0.717) is 0 Å². The maximum atomic E-state index is 12.8. The molecule has 154 valence electrons. The predicted octanol–water partition coefficient (Wildman–Crippen LogP) is 4.12. The monoisotopic (exact) mass is 421 g/mol. The molecule has 0 fully saturated rings. The van der Waals surface area contributed by atoms with Gasteiger partial charge in [-0.25, -0.2) is 0 Å². The molecule has 0 aliphatic heterocycles. The molecule has 0 saturated heterocycles. The van der Waals surface area contributed by atoms with Crippen molar-refractivity contribution in [3.63, 3.8) is 0 Å². The first-order valence-corrected chi connectivity index (χ1v) is 10.6. The third kappa shape index (κ3) is 3.94. The Kier molecular flexibility index (Phi) is 5.57. The Morgan fingerprint density at radius 2 is 1.87 bits per heavy atom. The van der Waals surface area contributed by atoms with Gasteiger partial charge in [0.05, 0.1) is 18.5 Å².